The van der Waals surface area contributed by atoms with Crippen LogP contribution in [0.25, 0.3) is 0 Å². The molecular weight excluding hydrogens is 318 g/mol. The Kier molecular flexibility index (Phi) is 5.92. The predicted molar refractivity (Wildman–Crippen MR) is 70.6 cm³/mol. The van der Waals surface area contributed by atoms with Gasteiger partial charge in [-0.15, -0.1) is 0 Å². The molecule has 0 unspecified atom stereocenters. The van der Waals surface area contributed by atoms with E-state index in [0.717, 1.165) is 0 Å². The van der Waals surface area contributed by atoms with Crippen molar-refractivity contribution in [3.05, 3.63) is 0 Å². The van der Waals surface area contributed by atoms with Crippen molar-refractivity contribution in [1.29, 1.82) is 0 Å². The van der Waals surface area contributed by atoms with Crippen molar-refractivity contribution in [2.45, 2.75) is 67.3 Å². The molecule has 1 saturated carbocycles. The van der Waals surface area contributed by atoms with Crippen molar-refractivity contribution in [3.63, 3.8) is 0 Å². The van der Waals surface area contributed by atoms with Crippen LogP contribution < -0.4 is 5.73 Å². The van der Waals surface area contributed by atoms with Crippen LogP contribution in [0.2, 0.25) is 0 Å². The van der Waals surface area contributed by atoms with E-state index in [-0.39, 0.29) is 0 Å². The fraction of sp³-hybridized carbons (Fsp3) is 1.00. The van der Waals surface area contributed by atoms with Gasteiger partial charge in [-0.05, 0) is 0 Å². The summed E-state index contributed by atoms with van der Waals surface area (Å²) in [5, 5.41) is 77.1. The van der Waals surface area contributed by atoms with E-state index in [1.54, 1.807) is 0 Å². The van der Waals surface area contributed by atoms with Crippen LogP contribution in [0.3, 0.4) is 0 Å². The molecule has 2 fully saturated rings. The largest absolute Gasteiger partial charge is 0.394 e. The molecule has 0 aromatic carbocycles. The highest BCUT2D eigenvalue weighted by molar-refractivity contribution is 5.00. The highest BCUT2D eigenvalue weighted by Gasteiger charge is 2.52. The molecule has 0 spiro atoms. The molecule has 0 radical (unpaired) electrons. The minimum atomic E-state index is -1.79. The first-order chi connectivity index (χ1) is 10.7. The fourth-order valence-corrected chi connectivity index (χ4v) is 2.74. The maximum Gasteiger partial charge on any atom is 0.176 e. The summed E-state index contributed by atoms with van der Waals surface area (Å²) in [4.78, 5) is 0. The van der Waals surface area contributed by atoms with Gasteiger partial charge in [-0.2, -0.15) is 0 Å². The lowest BCUT2D eigenvalue weighted by Gasteiger charge is -2.46. The molecule has 2 aliphatic rings. The Bertz CT molecular complexity index is 382. The molecule has 11 nitrogen and oxygen atoms in total. The summed E-state index contributed by atoms with van der Waals surface area (Å²) in [6.07, 6.45) is -16.1. The van der Waals surface area contributed by atoms with E-state index >= 15 is 0 Å². The average Bonchev–Trinajstić information content (AvgIpc) is 2.54. The third-order valence-electron chi connectivity index (χ3n) is 4.29. The first kappa shape index (κ1) is 18.9. The molecule has 1 aliphatic carbocycles. The highest BCUT2D eigenvalue weighted by Crippen LogP contribution is 2.28. The molecule has 10 N–H and O–H groups in total. The molecule has 1 aliphatic heterocycles. The van der Waals surface area contributed by atoms with Crippen LogP contribution in [-0.2, 0) is 9.47 Å². The maximum absolute atomic E-state index is 9.89. The van der Waals surface area contributed by atoms with E-state index in [0.29, 0.717) is 0 Å². The van der Waals surface area contributed by atoms with Gasteiger partial charge in [-0.3, -0.25) is 0 Å². The van der Waals surface area contributed by atoms with E-state index in [1.807, 2.05) is 0 Å². The summed E-state index contributed by atoms with van der Waals surface area (Å²) in [7, 11) is 0. The average molecular weight is 341 g/mol. The van der Waals surface area contributed by atoms with E-state index in [9.17, 15) is 35.7 Å². The Labute approximate surface area is 131 Å². The molecule has 1 heterocycles. The van der Waals surface area contributed by atoms with Gasteiger partial charge in [0.1, 0.15) is 54.9 Å². The number of hydrogen-bond acceptors (Lipinski definition) is 11. The van der Waals surface area contributed by atoms with E-state index < -0.39 is 73.9 Å². The Morgan fingerprint density at radius 2 is 1.22 bits per heavy atom. The summed E-state index contributed by atoms with van der Waals surface area (Å²) in [6, 6.07) is -1.28. The zero-order chi connectivity index (χ0) is 17.5. The molecule has 2 rings (SSSR count). The van der Waals surface area contributed by atoms with Gasteiger partial charge in [0.25, 0.3) is 0 Å². The molecule has 136 valence electrons. The van der Waals surface area contributed by atoms with Gasteiger partial charge < -0.3 is 56.1 Å². The number of aliphatic hydroxyl groups is 8. The Balaban J connectivity index is 2.13. The Morgan fingerprint density at radius 3 is 1.70 bits per heavy atom. The van der Waals surface area contributed by atoms with Gasteiger partial charge in [0, 0.05) is 0 Å². The van der Waals surface area contributed by atoms with Crippen LogP contribution in [0.5, 0.6) is 0 Å². The van der Waals surface area contributed by atoms with Gasteiger partial charge >= 0.3 is 0 Å². The highest BCUT2D eigenvalue weighted by atomic mass is 16.7. The van der Waals surface area contributed by atoms with Crippen LogP contribution in [0, 0.1) is 0 Å². The van der Waals surface area contributed by atoms with E-state index in [4.69, 9.17) is 20.3 Å². The van der Waals surface area contributed by atoms with Crippen molar-refractivity contribution in [1.82, 2.24) is 0 Å². The molecule has 1 saturated heterocycles. The van der Waals surface area contributed by atoms with Crippen molar-refractivity contribution >= 4 is 0 Å². The van der Waals surface area contributed by atoms with Crippen LogP contribution >= 0.6 is 0 Å². The topological polar surface area (TPSA) is 206 Å². The summed E-state index contributed by atoms with van der Waals surface area (Å²) >= 11 is 0. The maximum atomic E-state index is 9.89. The van der Waals surface area contributed by atoms with Gasteiger partial charge in [-0.25, -0.2) is 0 Å². The third kappa shape index (κ3) is 3.36. The fourth-order valence-electron chi connectivity index (χ4n) is 2.74. The van der Waals surface area contributed by atoms with Crippen molar-refractivity contribution in [2.24, 2.45) is 5.73 Å². The molecule has 0 aromatic heterocycles. The minimum Gasteiger partial charge on any atom is -0.394 e. The number of aliphatic hydroxyl groups excluding tert-OH is 8. The van der Waals surface area contributed by atoms with Gasteiger partial charge in [-0.1, -0.05) is 0 Å². The Hall–Kier alpha value is -0.440. The first-order valence-electron chi connectivity index (χ1n) is 7.14. The van der Waals surface area contributed by atoms with Gasteiger partial charge in [0.2, 0.25) is 0 Å². The van der Waals surface area contributed by atoms with Crippen LogP contribution in [0.1, 0.15) is 0 Å². The predicted octanol–water partition coefficient (Wildman–Crippen LogP) is -6.04. The Morgan fingerprint density at radius 1 is 0.739 bits per heavy atom. The summed E-state index contributed by atoms with van der Waals surface area (Å²) in [5.74, 6) is 0. The molecule has 23 heavy (non-hydrogen) atoms. The summed E-state index contributed by atoms with van der Waals surface area (Å²) < 4.78 is 10.4. The quantitative estimate of drug-likeness (QED) is 0.236. The second kappa shape index (κ2) is 7.21. The van der Waals surface area contributed by atoms with Crippen molar-refractivity contribution < 1.29 is 50.3 Å². The number of nitrogens with two attached hydrogens (primary N) is 1. The number of hydrogen-bond donors (Lipinski definition) is 9. The normalized spacial score (nSPS) is 54.9. The summed E-state index contributed by atoms with van der Waals surface area (Å²) in [6.45, 7) is -0.648. The lowest BCUT2D eigenvalue weighted by Crippen LogP contribution is -2.68. The van der Waals surface area contributed by atoms with Crippen molar-refractivity contribution in [3.8, 4) is 0 Å². The van der Waals surface area contributed by atoms with E-state index in [2.05, 4.69) is 0 Å². The lowest BCUT2D eigenvalue weighted by molar-refractivity contribution is -0.316. The van der Waals surface area contributed by atoms with Crippen molar-refractivity contribution in [2.75, 3.05) is 6.61 Å². The third-order valence-corrected chi connectivity index (χ3v) is 4.29. The zero-order valence-corrected chi connectivity index (χ0v) is 12.0. The van der Waals surface area contributed by atoms with Gasteiger partial charge in [0.15, 0.2) is 6.29 Å². The molecule has 0 amide bonds. The van der Waals surface area contributed by atoms with Crippen LogP contribution in [0.4, 0.5) is 0 Å². The van der Waals surface area contributed by atoms with E-state index in [1.165, 1.54) is 0 Å². The van der Waals surface area contributed by atoms with Crippen LogP contribution in [-0.4, -0.2) is 115 Å². The smallest absolute Gasteiger partial charge is 0.176 e. The summed E-state index contributed by atoms with van der Waals surface area (Å²) in [5.41, 5.74) is 5.66. The second-order valence-corrected chi connectivity index (χ2v) is 5.84. The lowest BCUT2D eigenvalue weighted by atomic mass is 9.84. The molecule has 9 atom stereocenters. The SMILES string of the molecule is N[C@H]1[C@@H](OC2[C@@H](O)[C@H](O)C(O)[C@@H](O)[C@@H]2O)O[C@H](CO)[C@@H](O)[C@@H]1O. The minimum absolute atomic E-state index is 0.648. The zero-order valence-electron chi connectivity index (χ0n) is 12.0. The second-order valence-electron chi connectivity index (χ2n) is 5.84. The molecular formula is C12H23NO10. The molecule has 11 heteroatoms. The number of ether oxygens (including phenoxy) is 2. The molecule has 0 bridgehead atoms. The molecule has 0 aromatic rings. The monoisotopic (exact) mass is 341 g/mol. The standard InChI is InChI=1S/C12H23NO10/c13-3-5(16)4(15)2(1-14)22-12(3)23-11-9(20)7(18)6(17)8(19)10(11)21/h2-12,14-21H,1,13H2/t2-,3-,4-,5-,6?,7-,8-,9+,10+,11?,12-/m1/s1. The number of rotatable bonds is 3. The first-order valence-corrected chi connectivity index (χ1v) is 7.14. The van der Waals surface area contributed by atoms with Crippen LogP contribution in [0.15, 0.2) is 0 Å². The van der Waals surface area contributed by atoms with Gasteiger partial charge in [0.05, 0.1) is 12.6 Å².